The van der Waals surface area contributed by atoms with Crippen LogP contribution in [0.2, 0.25) is 0 Å². The van der Waals surface area contributed by atoms with Gasteiger partial charge >= 0.3 is 0 Å². The van der Waals surface area contributed by atoms with Crippen molar-refractivity contribution in [1.82, 2.24) is 0 Å². The van der Waals surface area contributed by atoms with Crippen LogP contribution >= 0.6 is 0 Å². The van der Waals surface area contributed by atoms with Crippen molar-refractivity contribution in [3.8, 4) is 5.75 Å². The highest BCUT2D eigenvalue weighted by atomic mass is 19.1. The largest absolute Gasteiger partial charge is 0.494 e. The zero-order valence-corrected chi connectivity index (χ0v) is 12.7. The van der Waals surface area contributed by atoms with Crippen LogP contribution in [-0.4, -0.2) is 13.2 Å². The number of hydrogen-bond acceptors (Lipinski definition) is 2. The first-order valence-corrected chi connectivity index (χ1v) is 7.50. The Hall–Kier alpha value is -1.94. The van der Waals surface area contributed by atoms with Crippen LogP contribution in [0.1, 0.15) is 30.4 Å². The van der Waals surface area contributed by atoms with Crippen LogP contribution in [0.3, 0.4) is 0 Å². The second-order valence-corrected chi connectivity index (χ2v) is 5.29. The van der Waals surface area contributed by atoms with Gasteiger partial charge in [-0.15, -0.1) is 0 Å². The van der Waals surface area contributed by atoms with Crippen molar-refractivity contribution in [2.75, 3.05) is 13.2 Å². The number of ether oxygens (including phenoxy) is 1. The van der Waals surface area contributed by atoms with Crippen LogP contribution in [0.5, 0.6) is 5.75 Å². The van der Waals surface area contributed by atoms with E-state index < -0.39 is 11.6 Å². The fraction of sp³-hybridized carbons (Fsp3) is 0.333. The van der Waals surface area contributed by atoms with E-state index in [2.05, 4.69) is 6.92 Å². The summed E-state index contributed by atoms with van der Waals surface area (Å²) in [6.07, 6.45) is 1.56. The topological polar surface area (TPSA) is 35.2 Å². The lowest BCUT2D eigenvalue weighted by atomic mass is 9.91. The van der Waals surface area contributed by atoms with E-state index in [1.54, 1.807) is 0 Å². The van der Waals surface area contributed by atoms with Crippen molar-refractivity contribution in [1.29, 1.82) is 0 Å². The molecule has 4 heteroatoms. The monoisotopic (exact) mass is 305 g/mol. The minimum absolute atomic E-state index is 0.178. The Balaban J connectivity index is 2.09. The Morgan fingerprint density at radius 3 is 2.41 bits per heavy atom. The van der Waals surface area contributed by atoms with E-state index >= 15 is 0 Å². The molecule has 2 aromatic rings. The van der Waals surface area contributed by atoms with Crippen molar-refractivity contribution < 1.29 is 13.5 Å². The molecule has 1 atom stereocenters. The second-order valence-electron chi connectivity index (χ2n) is 5.29. The zero-order valence-electron chi connectivity index (χ0n) is 12.7. The maximum Gasteiger partial charge on any atom is 0.129 e. The lowest BCUT2D eigenvalue weighted by molar-refractivity contribution is 0.317. The first kappa shape index (κ1) is 16.4. The molecule has 0 saturated carbocycles. The van der Waals surface area contributed by atoms with Gasteiger partial charge in [0, 0.05) is 12.0 Å². The molecule has 0 aliphatic rings. The standard InChI is InChI=1S/C18H21F2NO/c1-2-9-22-16-6-3-13(4-7-16)10-14(12-21)17-8-5-15(19)11-18(17)20/h3-8,11,14H,2,9-10,12,21H2,1H3. The Kier molecular flexibility index (Phi) is 5.90. The van der Waals surface area contributed by atoms with Gasteiger partial charge in [0.15, 0.2) is 0 Å². The highest BCUT2D eigenvalue weighted by Crippen LogP contribution is 2.24. The summed E-state index contributed by atoms with van der Waals surface area (Å²) in [4.78, 5) is 0. The van der Waals surface area contributed by atoms with Crippen LogP contribution in [0.15, 0.2) is 42.5 Å². The molecule has 0 aromatic heterocycles. The summed E-state index contributed by atoms with van der Waals surface area (Å²) in [5.74, 6) is -0.473. The van der Waals surface area contributed by atoms with Crippen LogP contribution in [0, 0.1) is 11.6 Å². The minimum Gasteiger partial charge on any atom is -0.494 e. The van der Waals surface area contributed by atoms with Crippen molar-refractivity contribution in [3.05, 3.63) is 65.2 Å². The fourth-order valence-electron chi connectivity index (χ4n) is 2.38. The van der Waals surface area contributed by atoms with Crippen LogP contribution in [-0.2, 0) is 6.42 Å². The van der Waals surface area contributed by atoms with Gasteiger partial charge in [-0.05, 0) is 48.7 Å². The van der Waals surface area contributed by atoms with Gasteiger partial charge in [0.1, 0.15) is 17.4 Å². The van der Waals surface area contributed by atoms with Gasteiger partial charge in [-0.25, -0.2) is 8.78 Å². The van der Waals surface area contributed by atoms with Gasteiger partial charge in [0.05, 0.1) is 6.61 Å². The van der Waals surface area contributed by atoms with Crippen molar-refractivity contribution in [3.63, 3.8) is 0 Å². The van der Waals surface area contributed by atoms with E-state index in [9.17, 15) is 8.78 Å². The molecule has 0 saturated heterocycles. The summed E-state index contributed by atoms with van der Waals surface area (Å²) in [6, 6.07) is 11.4. The maximum atomic E-state index is 13.9. The molecule has 1 unspecified atom stereocenters. The van der Waals surface area contributed by atoms with Crippen LogP contribution < -0.4 is 10.5 Å². The average Bonchev–Trinajstić information content (AvgIpc) is 2.52. The summed E-state index contributed by atoms with van der Waals surface area (Å²) in [5, 5.41) is 0. The molecule has 22 heavy (non-hydrogen) atoms. The van der Waals surface area contributed by atoms with E-state index in [4.69, 9.17) is 10.5 Å². The molecule has 2 N–H and O–H groups in total. The Bertz CT molecular complexity index is 599. The lowest BCUT2D eigenvalue weighted by Gasteiger charge is -2.16. The molecule has 0 heterocycles. The summed E-state index contributed by atoms with van der Waals surface area (Å²) < 4.78 is 32.4. The number of halogens is 2. The maximum absolute atomic E-state index is 13.9. The molecule has 0 aliphatic carbocycles. The van der Waals surface area contributed by atoms with Crippen LogP contribution in [0.25, 0.3) is 0 Å². The fourth-order valence-corrected chi connectivity index (χ4v) is 2.38. The third-order valence-corrected chi connectivity index (χ3v) is 3.57. The summed E-state index contributed by atoms with van der Waals surface area (Å²) in [5.41, 5.74) is 7.27. The SMILES string of the molecule is CCCOc1ccc(CC(CN)c2ccc(F)cc2F)cc1. The van der Waals surface area contributed by atoms with Crippen LogP contribution in [0.4, 0.5) is 8.78 Å². The van der Waals surface area contributed by atoms with Crippen molar-refractivity contribution >= 4 is 0 Å². The first-order chi connectivity index (χ1) is 10.6. The van der Waals surface area contributed by atoms with E-state index in [1.807, 2.05) is 24.3 Å². The molecule has 0 radical (unpaired) electrons. The highest BCUT2D eigenvalue weighted by Gasteiger charge is 2.15. The van der Waals surface area contributed by atoms with Gasteiger partial charge < -0.3 is 10.5 Å². The van der Waals surface area contributed by atoms with Gasteiger partial charge in [0.25, 0.3) is 0 Å². The predicted molar refractivity (Wildman–Crippen MR) is 84.1 cm³/mol. The quantitative estimate of drug-likeness (QED) is 0.838. The normalized spacial score (nSPS) is 12.2. The summed E-state index contributed by atoms with van der Waals surface area (Å²) >= 11 is 0. The van der Waals surface area contributed by atoms with E-state index in [0.29, 0.717) is 25.1 Å². The van der Waals surface area contributed by atoms with E-state index in [0.717, 1.165) is 23.8 Å². The molecule has 0 aliphatic heterocycles. The van der Waals surface area contributed by atoms with Gasteiger partial charge in [-0.1, -0.05) is 25.1 Å². The molecule has 118 valence electrons. The average molecular weight is 305 g/mol. The number of hydrogen-bond donors (Lipinski definition) is 1. The van der Waals surface area contributed by atoms with E-state index in [1.165, 1.54) is 12.1 Å². The molecule has 2 nitrogen and oxygen atoms in total. The lowest BCUT2D eigenvalue weighted by Crippen LogP contribution is -2.16. The first-order valence-electron chi connectivity index (χ1n) is 7.50. The molecule has 0 bridgehead atoms. The summed E-state index contributed by atoms with van der Waals surface area (Å²) in [7, 11) is 0. The molecule has 0 spiro atoms. The highest BCUT2D eigenvalue weighted by molar-refractivity contribution is 5.30. The number of rotatable bonds is 7. The van der Waals surface area contributed by atoms with Gasteiger partial charge in [0.2, 0.25) is 0 Å². The smallest absolute Gasteiger partial charge is 0.129 e. The second kappa shape index (κ2) is 7.90. The number of nitrogens with two attached hydrogens (primary N) is 1. The molecule has 2 rings (SSSR count). The molecular weight excluding hydrogens is 284 g/mol. The molecule has 0 fully saturated rings. The van der Waals surface area contributed by atoms with E-state index in [-0.39, 0.29) is 5.92 Å². The predicted octanol–water partition coefficient (Wildman–Crippen LogP) is 4.04. The molecule has 0 amide bonds. The minimum atomic E-state index is -0.575. The van der Waals surface area contributed by atoms with Gasteiger partial charge in [-0.2, -0.15) is 0 Å². The number of benzene rings is 2. The van der Waals surface area contributed by atoms with Crippen molar-refractivity contribution in [2.24, 2.45) is 5.73 Å². The Labute approximate surface area is 129 Å². The Morgan fingerprint density at radius 1 is 1.09 bits per heavy atom. The van der Waals surface area contributed by atoms with Crippen molar-refractivity contribution in [2.45, 2.75) is 25.7 Å². The third-order valence-electron chi connectivity index (χ3n) is 3.57. The van der Waals surface area contributed by atoms with Gasteiger partial charge in [-0.3, -0.25) is 0 Å². The summed E-state index contributed by atoms with van der Waals surface area (Å²) in [6.45, 7) is 3.04. The Morgan fingerprint density at radius 2 is 1.82 bits per heavy atom. The molecular formula is C18H21F2NO. The molecule has 2 aromatic carbocycles. The third kappa shape index (κ3) is 4.28. The zero-order chi connectivity index (χ0) is 15.9.